The van der Waals surface area contributed by atoms with Gasteiger partial charge in [0.2, 0.25) is 0 Å². The number of rotatable bonds is 9. The van der Waals surface area contributed by atoms with E-state index in [4.69, 9.17) is 0 Å². The molecule has 0 unspecified atom stereocenters. The zero-order valence-corrected chi connectivity index (χ0v) is 39.0. The Morgan fingerprint density at radius 2 is 0.545 bits per heavy atom. The second kappa shape index (κ2) is 16.0. The number of nitrogens with zero attached hydrogens (tertiary/aromatic N) is 2. The zero-order chi connectivity index (χ0) is 48.8. The summed E-state index contributed by atoms with van der Waals surface area (Å²) in [6.45, 7) is 17.3. The summed E-state index contributed by atoms with van der Waals surface area (Å²) in [4.78, 5) is 3.85. The van der Waals surface area contributed by atoms with Crippen LogP contribution in [0, 0.1) is 0 Å². The van der Waals surface area contributed by atoms with Crippen molar-refractivity contribution in [2.24, 2.45) is 0 Å². The van der Waals surface area contributed by atoms with E-state index in [1.54, 1.807) is 36.4 Å². The largest absolute Gasteiger partial charge is 0.397 e. The van der Waals surface area contributed by atoms with Crippen LogP contribution >= 0.6 is 0 Å². The Morgan fingerprint density at radius 1 is 0.318 bits per heavy atom. The van der Waals surface area contributed by atoms with E-state index in [2.05, 4.69) is 52.8 Å². The molecule has 0 aliphatic heterocycles. The van der Waals surface area contributed by atoms with Crippen molar-refractivity contribution in [2.75, 3.05) is 9.80 Å². The fraction of sp³-hybridized carbons (Fsp3) is 0.345. The average molecular weight is 915 g/mol. The second-order valence-electron chi connectivity index (χ2n) is 20.6. The Labute approximate surface area is 382 Å². The minimum absolute atomic E-state index is 0.0580. The van der Waals surface area contributed by atoms with Crippen molar-refractivity contribution in [2.45, 2.75) is 122 Å². The molecule has 2 nitrogen and oxygen atoms in total. The molecule has 7 rings (SSSR count). The first-order valence-corrected chi connectivity index (χ1v) is 21.8. The monoisotopic (exact) mass is 914 g/mol. The van der Waals surface area contributed by atoms with Crippen LogP contribution < -0.4 is 9.80 Å². The van der Waals surface area contributed by atoms with E-state index in [9.17, 15) is 39.5 Å². The fourth-order valence-electron chi connectivity index (χ4n) is 8.57. The summed E-state index contributed by atoms with van der Waals surface area (Å²) in [5.41, 5.74) is 2.07. The Hall–Kier alpha value is -5.71. The van der Waals surface area contributed by atoms with E-state index in [1.165, 1.54) is 50.2 Å². The number of halogens is 9. The van der Waals surface area contributed by atoms with E-state index >= 15 is 0 Å². The van der Waals surface area contributed by atoms with Crippen LogP contribution in [0.3, 0.4) is 0 Å². The summed E-state index contributed by atoms with van der Waals surface area (Å²) < 4.78 is 127. The lowest BCUT2D eigenvalue weighted by atomic mass is 9.82. The van der Waals surface area contributed by atoms with Gasteiger partial charge in [0.25, 0.3) is 0 Å². The van der Waals surface area contributed by atoms with Gasteiger partial charge >= 0.3 is 18.5 Å². The highest BCUT2D eigenvalue weighted by Crippen LogP contribution is 2.53. The maximum atomic E-state index is 14.1. The van der Waals surface area contributed by atoms with Crippen LogP contribution in [-0.2, 0) is 27.1 Å². The Balaban J connectivity index is 1.33. The Morgan fingerprint density at radius 3 is 0.773 bits per heavy atom. The molecule has 0 fully saturated rings. The van der Waals surface area contributed by atoms with Crippen LogP contribution in [0.5, 0.6) is 0 Å². The lowest BCUT2D eigenvalue weighted by molar-refractivity contribution is -0.180. The molecule has 0 heterocycles. The molecule has 0 bridgehead atoms. The topological polar surface area (TPSA) is 6.48 Å². The Bertz CT molecular complexity index is 2640. The molecular formula is C55H55F9N2. The number of fused-ring (bicyclic) bond motifs is 3. The molecule has 66 heavy (non-hydrogen) atoms. The van der Waals surface area contributed by atoms with Gasteiger partial charge in [0.05, 0.1) is 16.2 Å². The second-order valence-corrected chi connectivity index (χ2v) is 20.6. The SMILES string of the molecule is CC(C)(C)c1ccc(N(c2ccc(C(C)(C)C(F)(F)F)cc2)c2ccc3c(c2)C(C)(C)c2cc(N(c4ccc(C(C)(C)C(F)(F)F)cc4)c4ccc(C(C)(C)C(F)(F)F)cc4)ccc2-3)cc1. The third kappa shape index (κ3) is 8.36. The van der Waals surface area contributed by atoms with Crippen molar-refractivity contribution >= 4 is 34.1 Å². The van der Waals surface area contributed by atoms with Crippen LogP contribution in [0.1, 0.15) is 110 Å². The summed E-state index contributed by atoms with van der Waals surface area (Å²) in [6.07, 6.45) is -13.5. The van der Waals surface area contributed by atoms with Crippen LogP contribution in [0.15, 0.2) is 133 Å². The molecule has 11 heteroatoms. The van der Waals surface area contributed by atoms with Gasteiger partial charge in [0, 0.05) is 39.5 Å². The number of benzene rings is 6. The van der Waals surface area contributed by atoms with Gasteiger partial charge in [-0.3, -0.25) is 0 Å². The van der Waals surface area contributed by atoms with Gasteiger partial charge in [-0.1, -0.05) is 95.3 Å². The standard InChI is InChI=1S/C55H55F9N2/c1-48(2,3)34-12-20-38(21-13-34)65(39-22-14-35(15-23-39)50(6,7)53(56,57)58)42-28-30-44-45-31-29-43(33-47(45)49(4,5)46(44)32-42)66(40-24-16-36(17-25-40)51(8,9)54(59,60)61)41-26-18-37(19-27-41)52(10,11)55(62,63)64/h12-33H,1-11H3. The number of hydrogen-bond acceptors (Lipinski definition) is 2. The zero-order valence-electron chi connectivity index (χ0n) is 39.0. The quantitative estimate of drug-likeness (QED) is 0.133. The van der Waals surface area contributed by atoms with Crippen molar-refractivity contribution in [1.82, 2.24) is 0 Å². The normalized spacial score (nSPS) is 14.5. The summed E-state index contributed by atoms with van der Waals surface area (Å²) in [6, 6.07) is 38.7. The molecule has 0 N–H and O–H groups in total. The molecule has 0 radical (unpaired) electrons. The molecule has 348 valence electrons. The first kappa shape index (κ1) is 48.2. The van der Waals surface area contributed by atoms with E-state index in [0.29, 0.717) is 22.7 Å². The minimum Gasteiger partial charge on any atom is -0.310 e. The molecule has 0 saturated carbocycles. The first-order valence-electron chi connectivity index (χ1n) is 21.8. The summed E-state index contributed by atoms with van der Waals surface area (Å²) in [5, 5.41) is 0. The molecule has 0 amide bonds. The van der Waals surface area contributed by atoms with Crippen LogP contribution in [-0.4, -0.2) is 18.5 Å². The lowest BCUT2D eigenvalue weighted by Crippen LogP contribution is -2.36. The molecule has 1 aliphatic rings. The number of hydrogen-bond donors (Lipinski definition) is 0. The van der Waals surface area contributed by atoms with Crippen molar-refractivity contribution in [3.05, 3.63) is 167 Å². The van der Waals surface area contributed by atoms with Crippen LogP contribution in [0.2, 0.25) is 0 Å². The van der Waals surface area contributed by atoms with Gasteiger partial charge in [-0.25, -0.2) is 0 Å². The average Bonchev–Trinajstić information content (AvgIpc) is 3.45. The molecular weight excluding hydrogens is 860 g/mol. The van der Waals surface area contributed by atoms with Gasteiger partial charge < -0.3 is 9.80 Å². The predicted molar refractivity (Wildman–Crippen MR) is 249 cm³/mol. The minimum atomic E-state index is -4.51. The first-order chi connectivity index (χ1) is 30.3. The predicted octanol–water partition coefficient (Wildman–Crippen LogP) is 17.7. The lowest BCUT2D eigenvalue weighted by Gasteiger charge is -2.32. The molecule has 6 aromatic carbocycles. The van der Waals surface area contributed by atoms with Gasteiger partial charge in [0.1, 0.15) is 0 Å². The summed E-state index contributed by atoms with van der Waals surface area (Å²) >= 11 is 0. The highest BCUT2D eigenvalue weighted by Gasteiger charge is 2.50. The highest BCUT2D eigenvalue weighted by atomic mass is 19.4. The van der Waals surface area contributed by atoms with Gasteiger partial charge in [-0.05, 0) is 164 Å². The smallest absolute Gasteiger partial charge is 0.310 e. The third-order valence-electron chi connectivity index (χ3n) is 13.8. The van der Waals surface area contributed by atoms with Crippen molar-refractivity contribution in [3.63, 3.8) is 0 Å². The van der Waals surface area contributed by atoms with Crippen molar-refractivity contribution < 1.29 is 39.5 Å². The van der Waals surface area contributed by atoms with E-state index in [1.807, 2.05) is 52.3 Å². The Kier molecular flexibility index (Phi) is 11.7. The number of alkyl halides is 9. The number of anilines is 6. The van der Waals surface area contributed by atoms with Crippen molar-refractivity contribution in [1.29, 1.82) is 0 Å². The van der Waals surface area contributed by atoms with Crippen LogP contribution in [0.25, 0.3) is 11.1 Å². The molecule has 6 aromatic rings. The van der Waals surface area contributed by atoms with Gasteiger partial charge in [-0.2, -0.15) is 39.5 Å². The molecule has 1 aliphatic carbocycles. The highest BCUT2D eigenvalue weighted by molar-refractivity contribution is 5.88. The molecule has 0 saturated heterocycles. The van der Waals surface area contributed by atoms with E-state index in [0.717, 1.165) is 66.9 Å². The van der Waals surface area contributed by atoms with Crippen molar-refractivity contribution in [3.8, 4) is 11.1 Å². The van der Waals surface area contributed by atoms with E-state index in [-0.39, 0.29) is 22.1 Å². The summed E-state index contributed by atoms with van der Waals surface area (Å²) in [5.74, 6) is 0. The molecule has 0 atom stereocenters. The summed E-state index contributed by atoms with van der Waals surface area (Å²) in [7, 11) is 0. The maximum absolute atomic E-state index is 14.1. The molecule has 0 aromatic heterocycles. The third-order valence-corrected chi connectivity index (χ3v) is 13.8. The molecule has 0 spiro atoms. The van der Waals surface area contributed by atoms with Gasteiger partial charge in [0.15, 0.2) is 0 Å². The van der Waals surface area contributed by atoms with Gasteiger partial charge in [-0.15, -0.1) is 0 Å². The van der Waals surface area contributed by atoms with Crippen LogP contribution in [0.4, 0.5) is 73.6 Å². The van der Waals surface area contributed by atoms with E-state index < -0.39 is 40.2 Å². The fourth-order valence-corrected chi connectivity index (χ4v) is 8.57. The maximum Gasteiger partial charge on any atom is 0.397 e.